The SMILES string of the molecule is Cc1cc(N2C[C@H](CCC(=O)c3ccc(Cl)s3)OC2=O)ccc1-n1cccc(CCO)c1=O. The smallest absolute Gasteiger partial charge is 0.414 e. The fourth-order valence-electron chi connectivity index (χ4n) is 3.88. The summed E-state index contributed by atoms with van der Waals surface area (Å²) in [6.07, 6.45) is 1.84. The highest BCUT2D eigenvalue weighted by atomic mass is 35.5. The van der Waals surface area contributed by atoms with Crippen LogP contribution in [0.15, 0.2) is 53.5 Å². The molecule has 172 valence electrons. The number of halogens is 1. The van der Waals surface area contributed by atoms with Crippen molar-refractivity contribution < 1.29 is 19.4 Å². The summed E-state index contributed by atoms with van der Waals surface area (Å²) in [7, 11) is 0. The number of aromatic nitrogens is 1. The minimum Gasteiger partial charge on any atom is -0.444 e. The summed E-state index contributed by atoms with van der Waals surface area (Å²) in [4.78, 5) is 39.6. The van der Waals surface area contributed by atoms with Gasteiger partial charge in [-0.2, -0.15) is 0 Å². The molecule has 0 saturated carbocycles. The Kier molecular flexibility index (Phi) is 6.97. The van der Waals surface area contributed by atoms with Gasteiger partial charge in [0, 0.05) is 36.9 Å². The summed E-state index contributed by atoms with van der Waals surface area (Å²) in [6, 6.07) is 12.3. The fraction of sp³-hybridized carbons (Fsp3) is 0.292. The Morgan fingerprint density at radius 1 is 1.24 bits per heavy atom. The number of aryl methyl sites for hydroxylation is 1. The van der Waals surface area contributed by atoms with E-state index in [0.717, 1.165) is 5.56 Å². The molecule has 1 aliphatic heterocycles. The van der Waals surface area contributed by atoms with Crippen molar-refractivity contribution in [3.05, 3.63) is 79.4 Å². The van der Waals surface area contributed by atoms with Crippen molar-refractivity contribution in [2.24, 2.45) is 0 Å². The number of benzene rings is 1. The second kappa shape index (κ2) is 9.91. The van der Waals surface area contributed by atoms with Crippen LogP contribution in [-0.2, 0) is 11.2 Å². The molecule has 1 N–H and O–H groups in total. The molecule has 4 rings (SSSR count). The molecule has 2 aromatic heterocycles. The standard InChI is InChI=1S/C24H23ClN2O5S/c1-15-13-17(4-6-19(15)26-11-2-3-16(10-12-28)23(26)30)27-14-18(32-24(27)31)5-7-20(29)21-8-9-22(25)33-21/h2-4,6,8-9,11,13,18,28H,5,7,10,12,14H2,1H3/t18-/m0/s1. The van der Waals surface area contributed by atoms with Gasteiger partial charge in [0.1, 0.15) is 6.10 Å². The van der Waals surface area contributed by atoms with Gasteiger partial charge in [0.15, 0.2) is 5.78 Å². The molecule has 1 saturated heterocycles. The average Bonchev–Trinajstić information content (AvgIpc) is 3.39. The number of nitrogens with zero attached hydrogens (tertiary/aromatic N) is 2. The molecule has 1 aromatic carbocycles. The summed E-state index contributed by atoms with van der Waals surface area (Å²) in [5.41, 5.74) is 2.54. The van der Waals surface area contributed by atoms with Gasteiger partial charge in [-0.15, -0.1) is 11.3 Å². The number of Topliss-reactive ketones (excluding diaryl/α,β-unsaturated/α-hetero) is 1. The van der Waals surface area contributed by atoms with Crippen LogP contribution >= 0.6 is 22.9 Å². The third kappa shape index (κ3) is 5.03. The molecule has 3 heterocycles. The minimum atomic E-state index is -0.458. The number of ether oxygens (including phenoxy) is 1. The number of ketones is 1. The van der Waals surface area contributed by atoms with E-state index in [-0.39, 0.29) is 30.5 Å². The third-order valence-corrected chi connectivity index (χ3v) is 6.85. The highest BCUT2D eigenvalue weighted by Gasteiger charge is 2.32. The van der Waals surface area contributed by atoms with Crippen molar-refractivity contribution in [2.45, 2.75) is 32.3 Å². The van der Waals surface area contributed by atoms with Crippen molar-refractivity contribution in [3.63, 3.8) is 0 Å². The molecule has 0 bridgehead atoms. The molecule has 7 nitrogen and oxygen atoms in total. The zero-order chi connectivity index (χ0) is 23.5. The van der Waals surface area contributed by atoms with Gasteiger partial charge in [0.25, 0.3) is 5.56 Å². The first kappa shape index (κ1) is 23.2. The van der Waals surface area contributed by atoms with Gasteiger partial charge in [-0.05, 0) is 55.3 Å². The number of anilines is 1. The molecule has 1 fully saturated rings. The fourth-order valence-corrected chi connectivity index (χ4v) is 4.89. The number of carbonyl (C=O) groups is 2. The van der Waals surface area contributed by atoms with Crippen molar-refractivity contribution in [1.82, 2.24) is 4.57 Å². The van der Waals surface area contributed by atoms with Crippen LogP contribution in [-0.4, -0.2) is 40.8 Å². The quantitative estimate of drug-likeness (QED) is 0.477. The van der Waals surface area contributed by atoms with Gasteiger partial charge in [0.2, 0.25) is 0 Å². The highest BCUT2D eigenvalue weighted by molar-refractivity contribution is 7.18. The van der Waals surface area contributed by atoms with E-state index in [4.69, 9.17) is 16.3 Å². The Labute approximate surface area is 199 Å². The monoisotopic (exact) mass is 486 g/mol. The first-order chi connectivity index (χ1) is 15.9. The Hall–Kier alpha value is -2.94. The number of rotatable bonds is 8. The number of amides is 1. The molecule has 33 heavy (non-hydrogen) atoms. The molecule has 0 spiro atoms. The molecule has 1 amide bonds. The Morgan fingerprint density at radius 3 is 2.76 bits per heavy atom. The maximum absolute atomic E-state index is 12.7. The molecule has 0 radical (unpaired) electrons. The van der Waals surface area contributed by atoms with Crippen LogP contribution in [0.3, 0.4) is 0 Å². The first-order valence-corrected chi connectivity index (χ1v) is 11.8. The predicted octanol–water partition coefficient (Wildman–Crippen LogP) is 4.38. The van der Waals surface area contributed by atoms with Crippen LogP contribution in [0.1, 0.15) is 33.6 Å². The van der Waals surface area contributed by atoms with Gasteiger partial charge in [-0.1, -0.05) is 17.7 Å². The Bertz CT molecular complexity index is 1250. The van der Waals surface area contributed by atoms with Crippen LogP contribution < -0.4 is 10.5 Å². The summed E-state index contributed by atoms with van der Waals surface area (Å²) in [5, 5.41) is 9.17. The zero-order valence-electron chi connectivity index (χ0n) is 18.0. The molecule has 0 aliphatic carbocycles. The third-order valence-electron chi connectivity index (χ3n) is 5.57. The van der Waals surface area contributed by atoms with Gasteiger partial charge in [0.05, 0.1) is 21.4 Å². The predicted molar refractivity (Wildman–Crippen MR) is 128 cm³/mol. The number of thiophene rings is 1. The highest BCUT2D eigenvalue weighted by Crippen LogP contribution is 2.28. The van der Waals surface area contributed by atoms with E-state index in [1.807, 2.05) is 13.0 Å². The van der Waals surface area contributed by atoms with Crippen LogP contribution in [0, 0.1) is 6.92 Å². The topological polar surface area (TPSA) is 88.8 Å². The van der Waals surface area contributed by atoms with E-state index in [0.29, 0.717) is 45.5 Å². The van der Waals surface area contributed by atoms with E-state index in [1.54, 1.807) is 47.5 Å². The van der Waals surface area contributed by atoms with Crippen molar-refractivity contribution in [2.75, 3.05) is 18.1 Å². The van der Waals surface area contributed by atoms with Crippen molar-refractivity contribution >= 4 is 40.5 Å². The zero-order valence-corrected chi connectivity index (χ0v) is 19.6. The maximum atomic E-state index is 12.7. The van der Waals surface area contributed by atoms with Crippen molar-refractivity contribution in [3.8, 4) is 5.69 Å². The second-order valence-corrected chi connectivity index (χ2v) is 9.55. The normalized spacial score (nSPS) is 15.7. The minimum absolute atomic E-state index is 0.0181. The summed E-state index contributed by atoms with van der Waals surface area (Å²) in [6.45, 7) is 2.12. The molecular formula is C24H23ClN2O5S. The largest absolute Gasteiger partial charge is 0.444 e. The summed E-state index contributed by atoms with van der Waals surface area (Å²) in [5.74, 6) is -0.0181. The summed E-state index contributed by atoms with van der Waals surface area (Å²) < 4.78 is 7.58. The maximum Gasteiger partial charge on any atom is 0.414 e. The molecule has 0 unspecified atom stereocenters. The van der Waals surface area contributed by atoms with Crippen LogP contribution in [0.4, 0.5) is 10.5 Å². The van der Waals surface area contributed by atoms with Crippen molar-refractivity contribution in [1.29, 1.82) is 0 Å². The molecule has 9 heteroatoms. The summed E-state index contributed by atoms with van der Waals surface area (Å²) >= 11 is 7.14. The van der Waals surface area contributed by atoms with E-state index >= 15 is 0 Å². The molecule has 3 aromatic rings. The van der Waals surface area contributed by atoms with E-state index in [9.17, 15) is 19.5 Å². The van der Waals surface area contributed by atoms with Gasteiger partial charge in [-0.25, -0.2) is 4.79 Å². The number of hydrogen-bond donors (Lipinski definition) is 1. The van der Waals surface area contributed by atoms with Crippen LogP contribution in [0.25, 0.3) is 5.69 Å². The van der Waals surface area contributed by atoms with Crippen LogP contribution in [0.2, 0.25) is 4.34 Å². The Balaban J connectivity index is 1.46. The lowest BCUT2D eigenvalue weighted by molar-refractivity contribution is 0.0943. The van der Waals surface area contributed by atoms with Gasteiger partial charge < -0.3 is 9.84 Å². The first-order valence-electron chi connectivity index (χ1n) is 10.6. The lowest BCUT2D eigenvalue weighted by Gasteiger charge is -2.17. The van der Waals surface area contributed by atoms with E-state index in [2.05, 4.69) is 0 Å². The van der Waals surface area contributed by atoms with Gasteiger partial charge in [-0.3, -0.25) is 19.1 Å². The lowest BCUT2D eigenvalue weighted by atomic mass is 10.1. The molecule has 1 atom stereocenters. The van der Waals surface area contributed by atoms with E-state index < -0.39 is 6.09 Å². The number of aliphatic hydroxyl groups is 1. The number of aliphatic hydroxyl groups excluding tert-OH is 1. The van der Waals surface area contributed by atoms with Crippen LogP contribution in [0.5, 0.6) is 0 Å². The molecule has 1 aliphatic rings. The molecular weight excluding hydrogens is 464 g/mol. The number of hydrogen-bond acceptors (Lipinski definition) is 6. The van der Waals surface area contributed by atoms with Gasteiger partial charge >= 0.3 is 6.09 Å². The second-order valence-electron chi connectivity index (χ2n) is 7.83. The Morgan fingerprint density at radius 2 is 2.06 bits per heavy atom. The number of pyridine rings is 1. The lowest BCUT2D eigenvalue weighted by Crippen LogP contribution is -2.25. The average molecular weight is 487 g/mol. The van der Waals surface area contributed by atoms with E-state index in [1.165, 1.54) is 15.9 Å². The number of cyclic esters (lactones) is 1. The number of carbonyl (C=O) groups excluding carboxylic acids is 2.